The van der Waals surface area contributed by atoms with E-state index in [0.717, 1.165) is 32.6 Å². The Hall–Kier alpha value is -3.16. The minimum Gasteiger partial charge on any atom is -0.462 e. The second-order valence-electron chi connectivity index (χ2n) is 6.54. The first-order valence-corrected chi connectivity index (χ1v) is 10.4. The third kappa shape index (κ3) is 4.22. The van der Waals surface area contributed by atoms with Gasteiger partial charge in [-0.25, -0.2) is 14.8 Å². The van der Waals surface area contributed by atoms with Crippen molar-refractivity contribution in [1.29, 1.82) is 0 Å². The van der Waals surface area contributed by atoms with Crippen molar-refractivity contribution in [1.82, 2.24) is 9.97 Å². The van der Waals surface area contributed by atoms with Gasteiger partial charge in [0.05, 0.1) is 17.9 Å². The number of hydrogen-bond acceptors (Lipinski definition) is 7. The predicted molar refractivity (Wildman–Crippen MR) is 118 cm³/mol. The smallest absolute Gasteiger partial charge is 0.338 e. The molecule has 2 aromatic carbocycles. The number of ether oxygens (including phenoxy) is 2. The summed E-state index contributed by atoms with van der Waals surface area (Å²) < 4.78 is 10.4. The number of nitrogens with zero attached hydrogens (tertiary/aromatic N) is 3. The van der Waals surface area contributed by atoms with Gasteiger partial charge in [0.1, 0.15) is 11.8 Å². The van der Waals surface area contributed by atoms with E-state index in [9.17, 15) is 4.79 Å². The molecule has 30 heavy (non-hydrogen) atoms. The van der Waals surface area contributed by atoms with Crippen LogP contribution in [0.1, 0.15) is 28.4 Å². The van der Waals surface area contributed by atoms with Gasteiger partial charge in [0.15, 0.2) is 5.82 Å². The zero-order valence-electron chi connectivity index (χ0n) is 16.7. The van der Waals surface area contributed by atoms with Gasteiger partial charge < -0.3 is 9.47 Å². The number of carbonyl (C=O) groups excluding carboxylic acids is 1. The number of methoxy groups -OCH3 is 1. The summed E-state index contributed by atoms with van der Waals surface area (Å²) >= 11 is 1.60. The van der Waals surface area contributed by atoms with E-state index in [1.807, 2.05) is 29.2 Å². The van der Waals surface area contributed by atoms with Crippen LogP contribution in [0.25, 0.3) is 12.2 Å². The molecule has 2 heterocycles. The first-order valence-electron chi connectivity index (χ1n) is 9.54. The molecule has 1 aliphatic rings. The Kier molecular flexibility index (Phi) is 6.11. The number of aromatic nitrogens is 2. The van der Waals surface area contributed by atoms with Crippen LogP contribution in [0.3, 0.4) is 0 Å². The fourth-order valence-corrected chi connectivity index (χ4v) is 4.11. The second-order valence-corrected chi connectivity index (χ2v) is 7.57. The maximum atomic E-state index is 11.8. The molecule has 0 unspecified atom stereocenters. The molecule has 0 fully saturated rings. The fraction of sp³-hybridized carbons (Fsp3) is 0.174. The van der Waals surface area contributed by atoms with Crippen LogP contribution in [0.4, 0.5) is 11.5 Å². The highest BCUT2D eigenvalue weighted by Crippen LogP contribution is 2.46. The van der Waals surface area contributed by atoms with Gasteiger partial charge in [0, 0.05) is 24.4 Å². The minimum absolute atomic E-state index is 0.304. The molecular formula is C23H21N3O3S. The number of benzene rings is 2. The molecule has 4 rings (SSSR count). The minimum atomic E-state index is -0.304. The van der Waals surface area contributed by atoms with Crippen LogP contribution in [0.5, 0.6) is 0 Å². The quantitative estimate of drug-likeness (QED) is 0.410. The summed E-state index contributed by atoms with van der Waals surface area (Å²) in [4.78, 5) is 23.8. The van der Waals surface area contributed by atoms with E-state index in [1.54, 1.807) is 50.3 Å². The Morgan fingerprint density at radius 2 is 1.80 bits per heavy atom. The average Bonchev–Trinajstić information content (AvgIpc) is 2.78. The molecule has 152 valence electrons. The van der Waals surface area contributed by atoms with E-state index in [1.165, 1.54) is 0 Å². The molecule has 0 amide bonds. The molecule has 6 nitrogen and oxygen atoms in total. The van der Waals surface area contributed by atoms with Gasteiger partial charge >= 0.3 is 5.97 Å². The van der Waals surface area contributed by atoms with Crippen molar-refractivity contribution >= 4 is 41.4 Å². The third-order valence-corrected chi connectivity index (χ3v) is 5.58. The molecule has 1 aromatic heterocycles. The van der Waals surface area contributed by atoms with E-state index in [2.05, 4.69) is 28.2 Å². The Bertz CT molecular complexity index is 1080. The Morgan fingerprint density at radius 3 is 2.57 bits per heavy atom. The molecule has 1 aliphatic heterocycles. The maximum Gasteiger partial charge on any atom is 0.338 e. The van der Waals surface area contributed by atoms with Crippen molar-refractivity contribution in [3.05, 3.63) is 71.5 Å². The summed E-state index contributed by atoms with van der Waals surface area (Å²) in [5, 5.41) is 0.868. The first kappa shape index (κ1) is 20.1. The summed E-state index contributed by atoms with van der Waals surface area (Å²) in [6.07, 6.45) is 7.45. The molecule has 3 aromatic rings. The molecule has 0 radical (unpaired) electrons. The van der Waals surface area contributed by atoms with Gasteiger partial charge in [-0.2, -0.15) is 0 Å². The van der Waals surface area contributed by atoms with E-state index in [4.69, 9.17) is 9.47 Å². The predicted octanol–water partition coefficient (Wildman–Crippen LogP) is 5.03. The standard InChI is InChI=1S/C23H21N3O3S/c1-3-29-23(27)18-9-6-16(7-10-18)4-5-17-8-11-20-19(14-17)26(15-28-2)21-22(30-20)25-13-12-24-21/h4-14H,3,15H2,1-2H3. The fourth-order valence-electron chi connectivity index (χ4n) is 3.13. The molecule has 0 aliphatic carbocycles. The van der Waals surface area contributed by atoms with Crippen molar-refractivity contribution in [3.8, 4) is 0 Å². The van der Waals surface area contributed by atoms with E-state index in [0.29, 0.717) is 18.9 Å². The molecule has 0 saturated carbocycles. The molecule has 7 heteroatoms. The monoisotopic (exact) mass is 419 g/mol. The van der Waals surface area contributed by atoms with Gasteiger partial charge in [-0.05, 0) is 42.3 Å². The Labute approximate surface area is 179 Å². The maximum absolute atomic E-state index is 11.8. The summed E-state index contributed by atoms with van der Waals surface area (Å²) in [5.41, 5.74) is 3.64. The zero-order chi connectivity index (χ0) is 20.9. The summed E-state index contributed by atoms with van der Waals surface area (Å²) in [6, 6.07) is 13.6. The van der Waals surface area contributed by atoms with E-state index in [-0.39, 0.29) is 5.97 Å². The number of hydrogen-bond donors (Lipinski definition) is 0. The topological polar surface area (TPSA) is 64.5 Å². The molecule has 0 saturated heterocycles. The van der Waals surface area contributed by atoms with Crippen molar-refractivity contribution in [2.75, 3.05) is 25.3 Å². The SMILES string of the molecule is CCOC(=O)c1ccc(C=Cc2ccc3c(c2)N(COC)c2nccnc2S3)cc1. The highest BCUT2D eigenvalue weighted by Gasteiger charge is 2.25. The number of rotatable bonds is 6. The normalized spacial score (nSPS) is 12.5. The van der Waals surface area contributed by atoms with Crippen LogP contribution in [-0.4, -0.2) is 36.4 Å². The number of carbonyl (C=O) groups is 1. The zero-order valence-corrected chi connectivity index (χ0v) is 17.6. The lowest BCUT2D eigenvalue weighted by Crippen LogP contribution is -2.24. The lowest BCUT2D eigenvalue weighted by Gasteiger charge is -2.30. The highest BCUT2D eigenvalue weighted by atomic mass is 32.2. The third-order valence-electron chi connectivity index (χ3n) is 4.53. The van der Waals surface area contributed by atoms with Crippen molar-refractivity contribution in [2.45, 2.75) is 16.8 Å². The summed E-state index contributed by atoms with van der Waals surface area (Å²) in [6.45, 7) is 2.56. The number of anilines is 2. The molecule has 0 atom stereocenters. The first-order chi connectivity index (χ1) is 14.7. The van der Waals surface area contributed by atoms with Crippen molar-refractivity contribution < 1.29 is 14.3 Å². The second kappa shape index (κ2) is 9.11. The van der Waals surface area contributed by atoms with Crippen LogP contribution in [-0.2, 0) is 9.47 Å². The van der Waals surface area contributed by atoms with Crippen LogP contribution in [0, 0.1) is 0 Å². The molecule has 0 N–H and O–H groups in total. The van der Waals surface area contributed by atoms with E-state index >= 15 is 0 Å². The summed E-state index contributed by atoms with van der Waals surface area (Å²) in [7, 11) is 1.67. The molecular weight excluding hydrogens is 398 g/mol. The summed E-state index contributed by atoms with van der Waals surface area (Å²) in [5.74, 6) is 0.495. The molecule has 0 spiro atoms. The largest absolute Gasteiger partial charge is 0.462 e. The molecule has 0 bridgehead atoms. The van der Waals surface area contributed by atoms with Gasteiger partial charge in [-0.1, -0.05) is 42.1 Å². The van der Waals surface area contributed by atoms with Crippen molar-refractivity contribution in [2.24, 2.45) is 0 Å². The highest BCUT2D eigenvalue weighted by molar-refractivity contribution is 7.99. The van der Waals surface area contributed by atoms with Crippen molar-refractivity contribution in [3.63, 3.8) is 0 Å². The lowest BCUT2D eigenvalue weighted by molar-refractivity contribution is 0.0526. The van der Waals surface area contributed by atoms with Crippen LogP contribution in [0.2, 0.25) is 0 Å². The van der Waals surface area contributed by atoms with Gasteiger partial charge in [-0.3, -0.25) is 4.90 Å². The Balaban J connectivity index is 1.57. The lowest BCUT2D eigenvalue weighted by atomic mass is 10.1. The van der Waals surface area contributed by atoms with E-state index < -0.39 is 0 Å². The van der Waals surface area contributed by atoms with Gasteiger partial charge in [-0.15, -0.1) is 0 Å². The Morgan fingerprint density at radius 1 is 1.07 bits per heavy atom. The van der Waals surface area contributed by atoms with Crippen LogP contribution < -0.4 is 4.90 Å². The average molecular weight is 420 g/mol. The van der Waals surface area contributed by atoms with Gasteiger partial charge in [0.25, 0.3) is 0 Å². The van der Waals surface area contributed by atoms with Gasteiger partial charge in [0.2, 0.25) is 0 Å². The number of esters is 1. The number of fused-ring (bicyclic) bond motifs is 2. The van der Waals surface area contributed by atoms with Crippen LogP contribution in [0.15, 0.2) is 64.8 Å². The van der Waals surface area contributed by atoms with Crippen LogP contribution >= 0.6 is 11.8 Å².